The zero-order valence-electron chi connectivity index (χ0n) is 10.3. The summed E-state index contributed by atoms with van der Waals surface area (Å²) in [4.78, 5) is 0. The first-order valence-electron chi connectivity index (χ1n) is 5.32. The van der Waals surface area contributed by atoms with Gasteiger partial charge in [-0.3, -0.25) is 0 Å². The molecule has 104 valence electrons. The molecule has 8 heteroatoms. The SMILES string of the molecule is CNCc1ccc(CS(=O)(=O)CCS(C)(=O)=O)o1. The highest BCUT2D eigenvalue weighted by Gasteiger charge is 2.17. The van der Waals surface area contributed by atoms with Gasteiger partial charge in [0.2, 0.25) is 0 Å². The molecule has 0 radical (unpaired) electrons. The summed E-state index contributed by atoms with van der Waals surface area (Å²) in [7, 11) is -4.98. The fraction of sp³-hybridized carbons (Fsp3) is 0.600. The van der Waals surface area contributed by atoms with Crippen molar-refractivity contribution in [1.29, 1.82) is 0 Å². The molecule has 0 saturated heterocycles. The summed E-state index contributed by atoms with van der Waals surface area (Å²) in [5, 5.41) is 2.88. The van der Waals surface area contributed by atoms with Crippen molar-refractivity contribution in [3.8, 4) is 0 Å². The van der Waals surface area contributed by atoms with Crippen LogP contribution in [0.4, 0.5) is 0 Å². The van der Waals surface area contributed by atoms with Crippen molar-refractivity contribution in [2.75, 3.05) is 24.8 Å². The average molecular weight is 295 g/mol. The predicted octanol–water partition coefficient (Wildman–Crippen LogP) is -0.0416. The molecule has 0 aliphatic carbocycles. The molecule has 0 unspecified atom stereocenters. The highest BCUT2D eigenvalue weighted by Crippen LogP contribution is 2.12. The van der Waals surface area contributed by atoms with Gasteiger partial charge in [0.05, 0.1) is 18.1 Å². The van der Waals surface area contributed by atoms with E-state index in [4.69, 9.17) is 4.42 Å². The van der Waals surface area contributed by atoms with E-state index in [0.717, 1.165) is 6.26 Å². The topological polar surface area (TPSA) is 93.5 Å². The van der Waals surface area contributed by atoms with Crippen LogP contribution in [0.2, 0.25) is 0 Å². The second-order valence-corrected chi connectivity index (χ2v) is 8.56. The molecule has 1 heterocycles. The molecule has 6 nitrogen and oxygen atoms in total. The molecule has 18 heavy (non-hydrogen) atoms. The van der Waals surface area contributed by atoms with Gasteiger partial charge in [-0.1, -0.05) is 0 Å². The Morgan fingerprint density at radius 1 is 1.11 bits per heavy atom. The van der Waals surface area contributed by atoms with Crippen molar-refractivity contribution >= 4 is 19.7 Å². The van der Waals surface area contributed by atoms with Gasteiger partial charge in [0.15, 0.2) is 9.84 Å². The van der Waals surface area contributed by atoms with Crippen LogP contribution in [-0.2, 0) is 32.0 Å². The second-order valence-electron chi connectivity index (χ2n) is 4.12. The third kappa shape index (κ3) is 5.65. The molecule has 0 aliphatic heterocycles. The molecule has 0 spiro atoms. The normalized spacial score (nSPS) is 12.8. The van der Waals surface area contributed by atoms with Crippen LogP contribution in [-0.4, -0.2) is 41.6 Å². The van der Waals surface area contributed by atoms with E-state index in [0.29, 0.717) is 18.1 Å². The lowest BCUT2D eigenvalue weighted by Gasteiger charge is -2.01. The third-order valence-electron chi connectivity index (χ3n) is 2.20. The number of hydrogen-bond acceptors (Lipinski definition) is 6. The molecule has 0 atom stereocenters. The lowest BCUT2D eigenvalue weighted by atomic mass is 10.4. The summed E-state index contributed by atoms with van der Waals surface area (Å²) in [5.74, 6) is -0.0425. The van der Waals surface area contributed by atoms with Gasteiger partial charge >= 0.3 is 0 Å². The van der Waals surface area contributed by atoms with Crippen LogP contribution < -0.4 is 5.32 Å². The van der Waals surface area contributed by atoms with Gasteiger partial charge in [-0.05, 0) is 19.2 Å². The molecular weight excluding hydrogens is 278 g/mol. The van der Waals surface area contributed by atoms with Gasteiger partial charge in [-0.25, -0.2) is 16.8 Å². The van der Waals surface area contributed by atoms with Crippen LogP contribution in [0.15, 0.2) is 16.5 Å². The predicted molar refractivity (Wildman–Crippen MR) is 68.7 cm³/mol. The van der Waals surface area contributed by atoms with Crippen molar-refractivity contribution in [2.24, 2.45) is 0 Å². The Kier molecular flexibility index (Phi) is 4.94. The third-order valence-corrected chi connectivity index (χ3v) is 4.95. The van der Waals surface area contributed by atoms with Crippen LogP contribution in [0, 0.1) is 0 Å². The van der Waals surface area contributed by atoms with E-state index in [-0.39, 0.29) is 17.3 Å². The summed E-state index contributed by atoms with van der Waals surface area (Å²) in [5.41, 5.74) is 0. The molecule has 1 aromatic rings. The van der Waals surface area contributed by atoms with E-state index in [9.17, 15) is 16.8 Å². The second kappa shape index (κ2) is 5.85. The van der Waals surface area contributed by atoms with Crippen molar-refractivity contribution in [3.05, 3.63) is 23.7 Å². The number of nitrogens with one attached hydrogen (secondary N) is 1. The largest absolute Gasteiger partial charge is 0.464 e. The number of furan rings is 1. The molecule has 0 fully saturated rings. The highest BCUT2D eigenvalue weighted by molar-refractivity contribution is 7.94. The number of rotatable bonds is 7. The van der Waals surface area contributed by atoms with E-state index in [1.54, 1.807) is 19.2 Å². The summed E-state index contributed by atoms with van der Waals surface area (Å²) in [6, 6.07) is 3.28. The molecule has 0 saturated carbocycles. The first kappa shape index (κ1) is 15.2. The molecule has 0 aromatic carbocycles. The van der Waals surface area contributed by atoms with Gasteiger partial charge < -0.3 is 9.73 Å². The molecule has 1 N–H and O–H groups in total. The Hall–Kier alpha value is -0.860. The maximum atomic E-state index is 11.7. The molecule has 0 amide bonds. The molecule has 0 bridgehead atoms. The molecule has 1 rings (SSSR count). The summed E-state index contributed by atoms with van der Waals surface area (Å²) in [6.07, 6.45) is 1.01. The Balaban J connectivity index is 2.64. The zero-order valence-corrected chi connectivity index (χ0v) is 12.0. The van der Waals surface area contributed by atoms with Gasteiger partial charge in [0.1, 0.15) is 27.1 Å². The monoisotopic (exact) mass is 295 g/mol. The molecule has 0 aliphatic rings. The number of hydrogen-bond donors (Lipinski definition) is 1. The van der Waals surface area contributed by atoms with Gasteiger partial charge in [0.25, 0.3) is 0 Å². The zero-order chi connectivity index (χ0) is 13.8. The summed E-state index contributed by atoms with van der Waals surface area (Å²) in [6.45, 7) is 0.517. The van der Waals surface area contributed by atoms with E-state index in [2.05, 4.69) is 5.32 Å². The van der Waals surface area contributed by atoms with Crippen molar-refractivity contribution in [2.45, 2.75) is 12.3 Å². The minimum atomic E-state index is -3.46. The van der Waals surface area contributed by atoms with Crippen LogP contribution in [0.1, 0.15) is 11.5 Å². The molecule has 1 aromatic heterocycles. The minimum Gasteiger partial charge on any atom is -0.464 e. The Morgan fingerprint density at radius 2 is 1.72 bits per heavy atom. The lowest BCUT2D eigenvalue weighted by Crippen LogP contribution is -2.17. The van der Waals surface area contributed by atoms with Crippen LogP contribution >= 0.6 is 0 Å². The summed E-state index contributed by atoms with van der Waals surface area (Å²) >= 11 is 0. The standard InChI is InChI=1S/C10H17NO5S2/c1-11-7-9-3-4-10(16-9)8-18(14,15)6-5-17(2,12)13/h3-4,11H,5-8H2,1-2H3. The van der Waals surface area contributed by atoms with Gasteiger partial charge in [-0.15, -0.1) is 0 Å². The van der Waals surface area contributed by atoms with Crippen molar-refractivity contribution < 1.29 is 21.3 Å². The Bertz CT molecular complexity index is 586. The maximum absolute atomic E-state index is 11.7. The Morgan fingerprint density at radius 3 is 2.28 bits per heavy atom. The average Bonchev–Trinajstić information content (AvgIpc) is 2.62. The maximum Gasteiger partial charge on any atom is 0.158 e. The quantitative estimate of drug-likeness (QED) is 0.758. The smallest absolute Gasteiger partial charge is 0.158 e. The van der Waals surface area contributed by atoms with Gasteiger partial charge in [0, 0.05) is 6.26 Å². The van der Waals surface area contributed by atoms with Crippen molar-refractivity contribution in [3.63, 3.8) is 0 Å². The van der Waals surface area contributed by atoms with E-state index < -0.39 is 19.7 Å². The van der Waals surface area contributed by atoms with Crippen LogP contribution in [0.5, 0.6) is 0 Å². The van der Waals surface area contributed by atoms with E-state index in [1.807, 2.05) is 0 Å². The van der Waals surface area contributed by atoms with E-state index in [1.165, 1.54) is 0 Å². The number of sulfone groups is 2. The minimum absolute atomic E-state index is 0.272. The summed E-state index contributed by atoms with van der Waals surface area (Å²) < 4.78 is 50.5. The first-order valence-corrected chi connectivity index (χ1v) is 9.20. The molecular formula is C10H17NO5S2. The Labute approximate surface area is 107 Å². The van der Waals surface area contributed by atoms with Gasteiger partial charge in [-0.2, -0.15) is 0 Å². The lowest BCUT2D eigenvalue weighted by molar-refractivity contribution is 0.465. The van der Waals surface area contributed by atoms with Crippen LogP contribution in [0.3, 0.4) is 0 Å². The highest BCUT2D eigenvalue weighted by atomic mass is 32.2. The van der Waals surface area contributed by atoms with E-state index >= 15 is 0 Å². The van der Waals surface area contributed by atoms with Crippen molar-refractivity contribution in [1.82, 2.24) is 5.32 Å². The first-order chi connectivity index (χ1) is 8.22. The van der Waals surface area contributed by atoms with Crippen LogP contribution in [0.25, 0.3) is 0 Å². The fourth-order valence-electron chi connectivity index (χ4n) is 1.34. The fourth-order valence-corrected chi connectivity index (χ4v) is 4.30.